The van der Waals surface area contributed by atoms with E-state index in [1.54, 1.807) is 0 Å². The zero-order valence-corrected chi connectivity index (χ0v) is 11.6. The highest BCUT2D eigenvalue weighted by Gasteiger charge is 2.35. The van der Waals surface area contributed by atoms with Gasteiger partial charge in [-0.05, 0) is 51.0 Å². The van der Waals surface area contributed by atoms with Crippen LogP contribution < -0.4 is 0 Å². The normalized spacial score (nSPS) is 44.1. The van der Waals surface area contributed by atoms with Gasteiger partial charge in [-0.3, -0.25) is 9.80 Å². The average Bonchev–Trinajstić information content (AvgIpc) is 2.88. The smallest absolute Gasteiger partial charge is 0.0224 e. The summed E-state index contributed by atoms with van der Waals surface area (Å²) in [7, 11) is 0. The van der Waals surface area contributed by atoms with Crippen molar-refractivity contribution < 1.29 is 0 Å². The highest BCUT2D eigenvalue weighted by Crippen LogP contribution is 2.33. The summed E-state index contributed by atoms with van der Waals surface area (Å²) in [5.74, 6) is 1.99. The second-order valence-corrected chi connectivity index (χ2v) is 6.88. The molecule has 2 heteroatoms. The van der Waals surface area contributed by atoms with Gasteiger partial charge in [-0.1, -0.05) is 13.3 Å². The molecule has 2 nitrogen and oxygen atoms in total. The Labute approximate surface area is 106 Å². The molecule has 4 atom stereocenters. The second-order valence-electron chi connectivity index (χ2n) is 6.88. The summed E-state index contributed by atoms with van der Waals surface area (Å²) in [5, 5.41) is 0. The number of fused-ring (bicyclic) bond motifs is 1. The van der Waals surface area contributed by atoms with E-state index in [-0.39, 0.29) is 0 Å². The maximum atomic E-state index is 2.80. The van der Waals surface area contributed by atoms with E-state index >= 15 is 0 Å². The molecule has 3 fully saturated rings. The molecule has 1 saturated carbocycles. The zero-order chi connectivity index (χ0) is 11.8. The molecule has 0 radical (unpaired) electrons. The highest BCUT2D eigenvalue weighted by molar-refractivity contribution is 4.91. The largest absolute Gasteiger partial charge is 0.298 e. The Bertz CT molecular complexity index is 266. The monoisotopic (exact) mass is 236 g/mol. The van der Waals surface area contributed by atoms with Crippen molar-refractivity contribution >= 4 is 0 Å². The third-order valence-corrected chi connectivity index (χ3v) is 5.36. The molecular weight excluding hydrogens is 208 g/mol. The van der Waals surface area contributed by atoms with E-state index in [0.717, 1.165) is 23.9 Å². The molecule has 1 aliphatic carbocycles. The fourth-order valence-corrected chi connectivity index (χ4v) is 4.32. The minimum atomic E-state index is 0.792. The van der Waals surface area contributed by atoms with Crippen molar-refractivity contribution in [1.82, 2.24) is 9.80 Å². The first kappa shape index (κ1) is 12.0. The van der Waals surface area contributed by atoms with Gasteiger partial charge in [0, 0.05) is 31.7 Å². The zero-order valence-electron chi connectivity index (χ0n) is 11.6. The SMILES string of the molecule is CC1CCC(CN2CC3CCCN3CC2C)C1. The molecule has 0 N–H and O–H groups in total. The van der Waals surface area contributed by atoms with Gasteiger partial charge < -0.3 is 0 Å². The molecule has 2 heterocycles. The van der Waals surface area contributed by atoms with Crippen LogP contribution in [0.3, 0.4) is 0 Å². The van der Waals surface area contributed by atoms with Crippen LogP contribution in [0, 0.1) is 11.8 Å². The standard InChI is InChI=1S/C15H28N2/c1-12-5-6-14(8-12)10-17-11-15-4-3-7-16(15)9-13(17)2/h12-15H,3-11H2,1-2H3. The number of nitrogens with zero attached hydrogens (tertiary/aromatic N) is 2. The molecule has 17 heavy (non-hydrogen) atoms. The van der Waals surface area contributed by atoms with Crippen LogP contribution in [0.4, 0.5) is 0 Å². The molecule has 0 aromatic heterocycles. The van der Waals surface area contributed by atoms with Gasteiger partial charge in [-0.15, -0.1) is 0 Å². The van der Waals surface area contributed by atoms with Gasteiger partial charge in [0.05, 0.1) is 0 Å². The number of piperazine rings is 1. The van der Waals surface area contributed by atoms with Crippen molar-refractivity contribution in [3.05, 3.63) is 0 Å². The molecule has 4 unspecified atom stereocenters. The summed E-state index contributed by atoms with van der Waals surface area (Å²) >= 11 is 0. The first-order valence-corrected chi connectivity index (χ1v) is 7.70. The lowest BCUT2D eigenvalue weighted by molar-refractivity contribution is 0.0483. The Kier molecular flexibility index (Phi) is 3.45. The van der Waals surface area contributed by atoms with Crippen molar-refractivity contribution in [2.24, 2.45) is 11.8 Å². The van der Waals surface area contributed by atoms with Crippen LogP contribution in [0.5, 0.6) is 0 Å². The third-order valence-electron chi connectivity index (χ3n) is 5.36. The van der Waals surface area contributed by atoms with Gasteiger partial charge in [-0.25, -0.2) is 0 Å². The predicted octanol–water partition coefficient (Wildman–Crippen LogP) is 2.59. The summed E-state index contributed by atoms with van der Waals surface area (Å²) in [4.78, 5) is 5.54. The van der Waals surface area contributed by atoms with Crippen LogP contribution in [-0.4, -0.2) is 48.1 Å². The summed E-state index contributed by atoms with van der Waals surface area (Å²) in [5.41, 5.74) is 0. The minimum Gasteiger partial charge on any atom is -0.298 e. The summed E-state index contributed by atoms with van der Waals surface area (Å²) in [6.07, 6.45) is 7.33. The number of hydrogen-bond acceptors (Lipinski definition) is 2. The predicted molar refractivity (Wildman–Crippen MR) is 72.1 cm³/mol. The van der Waals surface area contributed by atoms with Crippen LogP contribution >= 0.6 is 0 Å². The van der Waals surface area contributed by atoms with Crippen LogP contribution in [-0.2, 0) is 0 Å². The molecule has 0 aromatic rings. The van der Waals surface area contributed by atoms with Crippen LogP contribution in [0.2, 0.25) is 0 Å². The molecule has 0 bridgehead atoms. The van der Waals surface area contributed by atoms with Gasteiger partial charge in [0.1, 0.15) is 0 Å². The summed E-state index contributed by atoms with van der Waals surface area (Å²) in [6.45, 7) is 10.3. The van der Waals surface area contributed by atoms with Crippen molar-refractivity contribution in [3.63, 3.8) is 0 Å². The Morgan fingerprint density at radius 2 is 1.94 bits per heavy atom. The lowest BCUT2D eigenvalue weighted by atomic mass is 10.0. The molecule has 2 saturated heterocycles. The molecule has 98 valence electrons. The Balaban J connectivity index is 1.55. The Morgan fingerprint density at radius 3 is 2.71 bits per heavy atom. The quantitative estimate of drug-likeness (QED) is 0.727. The Hall–Kier alpha value is -0.0800. The molecule has 3 rings (SSSR count). The van der Waals surface area contributed by atoms with E-state index in [1.807, 2.05) is 0 Å². The minimum absolute atomic E-state index is 0.792. The van der Waals surface area contributed by atoms with Gasteiger partial charge in [-0.2, -0.15) is 0 Å². The molecule has 3 aliphatic rings. The fourth-order valence-electron chi connectivity index (χ4n) is 4.32. The number of hydrogen-bond donors (Lipinski definition) is 0. The van der Waals surface area contributed by atoms with E-state index in [4.69, 9.17) is 0 Å². The van der Waals surface area contributed by atoms with E-state index in [1.165, 1.54) is 58.3 Å². The van der Waals surface area contributed by atoms with E-state index in [0.29, 0.717) is 0 Å². The van der Waals surface area contributed by atoms with E-state index < -0.39 is 0 Å². The van der Waals surface area contributed by atoms with Gasteiger partial charge in [0.25, 0.3) is 0 Å². The number of rotatable bonds is 2. The van der Waals surface area contributed by atoms with Crippen molar-refractivity contribution in [2.75, 3.05) is 26.2 Å². The topological polar surface area (TPSA) is 6.48 Å². The van der Waals surface area contributed by atoms with Crippen LogP contribution in [0.1, 0.15) is 46.0 Å². The van der Waals surface area contributed by atoms with Crippen molar-refractivity contribution in [3.8, 4) is 0 Å². The van der Waals surface area contributed by atoms with Gasteiger partial charge in [0.2, 0.25) is 0 Å². The summed E-state index contributed by atoms with van der Waals surface area (Å²) < 4.78 is 0. The third kappa shape index (κ3) is 2.53. The first-order chi connectivity index (χ1) is 8.22. The maximum absolute atomic E-state index is 2.80. The van der Waals surface area contributed by atoms with Crippen molar-refractivity contribution in [2.45, 2.75) is 58.0 Å². The molecule has 0 aromatic carbocycles. The molecule has 2 aliphatic heterocycles. The van der Waals surface area contributed by atoms with E-state index in [2.05, 4.69) is 23.6 Å². The van der Waals surface area contributed by atoms with Crippen LogP contribution in [0.25, 0.3) is 0 Å². The van der Waals surface area contributed by atoms with Crippen LogP contribution in [0.15, 0.2) is 0 Å². The average molecular weight is 236 g/mol. The molecular formula is C15H28N2. The van der Waals surface area contributed by atoms with E-state index in [9.17, 15) is 0 Å². The lowest BCUT2D eigenvalue weighted by Crippen LogP contribution is -2.55. The molecule has 0 amide bonds. The first-order valence-electron chi connectivity index (χ1n) is 7.70. The second kappa shape index (κ2) is 4.89. The van der Waals surface area contributed by atoms with Gasteiger partial charge >= 0.3 is 0 Å². The lowest BCUT2D eigenvalue weighted by Gasteiger charge is -2.43. The van der Waals surface area contributed by atoms with Gasteiger partial charge in [0.15, 0.2) is 0 Å². The Morgan fingerprint density at radius 1 is 1.06 bits per heavy atom. The maximum Gasteiger partial charge on any atom is 0.0224 e. The highest BCUT2D eigenvalue weighted by atomic mass is 15.3. The fraction of sp³-hybridized carbons (Fsp3) is 1.00. The van der Waals surface area contributed by atoms with Crippen molar-refractivity contribution in [1.29, 1.82) is 0 Å². The molecule has 0 spiro atoms. The summed E-state index contributed by atoms with van der Waals surface area (Å²) in [6, 6.07) is 1.69.